The van der Waals surface area contributed by atoms with Crippen molar-refractivity contribution in [1.29, 1.82) is 0 Å². The molecule has 5 heteroatoms. The van der Waals surface area contributed by atoms with Crippen molar-refractivity contribution >= 4 is 12.4 Å². The highest BCUT2D eigenvalue weighted by Gasteiger charge is 2.03. The van der Waals surface area contributed by atoms with Crippen LogP contribution in [-0.2, 0) is 6.54 Å². The van der Waals surface area contributed by atoms with Crippen LogP contribution in [0.5, 0.6) is 0 Å². The highest BCUT2D eigenvalue weighted by atomic mass is 35.5. The molecule has 2 rings (SSSR count). The fraction of sp³-hybridized carbons (Fsp3) is 0.273. The minimum atomic E-state index is 0. The van der Waals surface area contributed by atoms with Crippen LogP contribution in [-0.4, -0.2) is 15.0 Å². The molecule has 16 heavy (non-hydrogen) atoms. The first kappa shape index (κ1) is 12.7. The van der Waals surface area contributed by atoms with Gasteiger partial charge in [-0.3, -0.25) is 0 Å². The smallest absolute Gasteiger partial charge is 0.0967 e. The summed E-state index contributed by atoms with van der Waals surface area (Å²) in [4.78, 5) is 0. The zero-order valence-corrected chi connectivity index (χ0v) is 10.2. The van der Waals surface area contributed by atoms with Gasteiger partial charge in [-0.2, -0.15) is 0 Å². The van der Waals surface area contributed by atoms with Gasteiger partial charge in [-0.05, 0) is 25.5 Å². The van der Waals surface area contributed by atoms with Crippen LogP contribution in [0.4, 0.5) is 0 Å². The normalized spacial score (nSPS) is 9.94. The van der Waals surface area contributed by atoms with E-state index in [4.69, 9.17) is 5.73 Å². The molecule has 0 aliphatic heterocycles. The third-order valence-electron chi connectivity index (χ3n) is 2.35. The third-order valence-corrected chi connectivity index (χ3v) is 2.35. The summed E-state index contributed by atoms with van der Waals surface area (Å²) in [6.07, 6.45) is 1.86. The molecule has 0 atom stereocenters. The maximum absolute atomic E-state index is 5.49. The van der Waals surface area contributed by atoms with Crippen LogP contribution in [0.2, 0.25) is 0 Å². The van der Waals surface area contributed by atoms with Crippen LogP contribution in [0.25, 0.3) is 5.69 Å². The van der Waals surface area contributed by atoms with Crippen LogP contribution in [0.3, 0.4) is 0 Å². The molecule has 4 nitrogen and oxygen atoms in total. The molecule has 1 heterocycles. The van der Waals surface area contributed by atoms with Gasteiger partial charge in [0.15, 0.2) is 0 Å². The summed E-state index contributed by atoms with van der Waals surface area (Å²) < 4.78 is 1.76. The maximum atomic E-state index is 5.49. The SMILES string of the molecule is Cc1ccc(-n2cc(CN)nn2)c(C)c1.Cl. The molecule has 0 fully saturated rings. The summed E-state index contributed by atoms with van der Waals surface area (Å²) in [5.74, 6) is 0. The maximum Gasteiger partial charge on any atom is 0.0967 e. The molecule has 0 unspecified atom stereocenters. The molecule has 0 spiro atoms. The first-order valence-corrected chi connectivity index (χ1v) is 4.89. The Bertz CT molecular complexity index is 479. The van der Waals surface area contributed by atoms with Gasteiger partial charge in [0.1, 0.15) is 0 Å². The fourth-order valence-electron chi connectivity index (χ4n) is 1.57. The van der Waals surface area contributed by atoms with E-state index in [-0.39, 0.29) is 12.4 Å². The number of nitrogens with zero attached hydrogens (tertiary/aromatic N) is 3. The lowest BCUT2D eigenvalue weighted by Gasteiger charge is -2.05. The molecule has 2 N–H and O–H groups in total. The highest BCUT2D eigenvalue weighted by molar-refractivity contribution is 5.85. The lowest BCUT2D eigenvalue weighted by molar-refractivity contribution is 0.792. The van der Waals surface area contributed by atoms with Crippen molar-refractivity contribution in [1.82, 2.24) is 15.0 Å². The van der Waals surface area contributed by atoms with Crippen molar-refractivity contribution in [2.24, 2.45) is 5.73 Å². The molecule has 0 radical (unpaired) electrons. The van der Waals surface area contributed by atoms with Gasteiger partial charge in [0.05, 0.1) is 17.6 Å². The van der Waals surface area contributed by atoms with Crippen molar-refractivity contribution in [2.75, 3.05) is 0 Å². The van der Waals surface area contributed by atoms with Gasteiger partial charge >= 0.3 is 0 Å². The lowest BCUT2D eigenvalue weighted by atomic mass is 10.1. The van der Waals surface area contributed by atoms with Gasteiger partial charge in [0, 0.05) is 6.54 Å². The molecule has 0 aliphatic rings. The zero-order chi connectivity index (χ0) is 10.8. The summed E-state index contributed by atoms with van der Waals surface area (Å²) in [5, 5.41) is 8.00. The van der Waals surface area contributed by atoms with Crippen LogP contribution in [0.15, 0.2) is 24.4 Å². The van der Waals surface area contributed by atoms with E-state index in [0.29, 0.717) is 6.54 Å². The van der Waals surface area contributed by atoms with Gasteiger partial charge in [-0.15, -0.1) is 17.5 Å². The average Bonchev–Trinajstić information content (AvgIpc) is 2.66. The van der Waals surface area contributed by atoms with E-state index in [2.05, 4.69) is 36.3 Å². The Morgan fingerprint density at radius 3 is 2.62 bits per heavy atom. The van der Waals surface area contributed by atoms with Gasteiger partial charge in [-0.1, -0.05) is 22.9 Å². The van der Waals surface area contributed by atoms with Crippen molar-refractivity contribution in [2.45, 2.75) is 20.4 Å². The molecule has 1 aromatic carbocycles. The molecule has 1 aromatic heterocycles. The molecule has 86 valence electrons. The number of rotatable bonds is 2. The molecular weight excluding hydrogens is 224 g/mol. The van der Waals surface area contributed by atoms with Gasteiger partial charge in [-0.25, -0.2) is 4.68 Å². The Morgan fingerprint density at radius 2 is 2.06 bits per heavy atom. The minimum absolute atomic E-state index is 0. The van der Waals surface area contributed by atoms with E-state index in [1.54, 1.807) is 4.68 Å². The summed E-state index contributed by atoms with van der Waals surface area (Å²) in [6.45, 7) is 4.56. The predicted octanol–water partition coefficient (Wildman–Crippen LogP) is 1.76. The number of nitrogens with two attached hydrogens (primary N) is 1. The summed E-state index contributed by atoms with van der Waals surface area (Å²) in [6, 6.07) is 6.23. The van der Waals surface area contributed by atoms with Crippen molar-refractivity contribution in [3.05, 3.63) is 41.2 Å². The zero-order valence-electron chi connectivity index (χ0n) is 9.34. The van der Waals surface area contributed by atoms with E-state index >= 15 is 0 Å². The van der Waals surface area contributed by atoms with Gasteiger partial charge < -0.3 is 5.73 Å². The number of benzene rings is 1. The number of halogens is 1. The molecule has 0 amide bonds. The average molecular weight is 239 g/mol. The first-order valence-electron chi connectivity index (χ1n) is 4.89. The molecule has 0 aliphatic carbocycles. The second-order valence-electron chi connectivity index (χ2n) is 3.65. The van der Waals surface area contributed by atoms with Crippen molar-refractivity contribution < 1.29 is 0 Å². The number of hydrogen-bond donors (Lipinski definition) is 1. The highest BCUT2D eigenvalue weighted by Crippen LogP contribution is 2.14. The Balaban J connectivity index is 0.00000128. The second kappa shape index (κ2) is 5.09. The summed E-state index contributed by atoms with van der Waals surface area (Å²) in [7, 11) is 0. The van der Waals surface area contributed by atoms with Crippen molar-refractivity contribution in [3.63, 3.8) is 0 Å². The molecule has 0 saturated heterocycles. The van der Waals surface area contributed by atoms with Crippen LogP contribution in [0.1, 0.15) is 16.8 Å². The van der Waals surface area contributed by atoms with Crippen molar-refractivity contribution in [3.8, 4) is 5.69 Å². The van der Waals surface area contributed by atoms with Crippen LogP contribution < -0.4 is 5.73 Å². The van der Waals surface area contributed by atoms with E-state index in [0.717, 1.165) is 11.4 Å². The topological polar surface area (TPSA) is 56.7 Å². The Morgan fingerprint density at radius 1 is 1.31 bits per heavy atom. The van der Waals surface area contributed by atoms with E-state index in [1.165, 1.54) is 11.1 Å². The molecule has 0 saturated carbocycles. The summed E-state index contributed by atoms with van der Waals surface area (Å²) in [5.41, 5.74) is 9.77. The van der Waals surface area contributed by atoms with E-state index in [1.807, 2.05) is 12.3 Å². The minimum Gasteiger partial charge on any atom is -0.325 e. The molecule has 2 aromatic rings. The Hall–Kier alpha value is -1.39. The quantitative estimate of drug-likeness (QED) is 0.868. The lowest BCUT2D eigenvalue weighted by Crippen LogP contribution is -1.98. The molecule has 0 bridgehead atoms. The van der Waals surface area contributed by atoms with Gasteiger partial charge in [0.2, 0.25) is 0 Å². The standard InChI is InChI=1S/C11H14N4.ClH/c1-8-3-4-11(9(2)5-8)15-7-10(6-12)13-14-15;/h3-5,7H,6,12H2,1-2H3;1H. The number of hydrogen-bond acceptors (Lipinski definition) is 3. The largest absolute Gasteiger partial charge is 0.325 e. The predicted molar refractivity (Wildman–Crippen MR) is 66.0 cm³/mol. The van der Waals surface area contributed by atoms with E-state index in [9.17, 15) is 0 Å². The fourth-order valence-corrected chi connectivity index (χ4v) is 1.57. The van der Waals surface area contributed by atoms with Crippen LogP contribution >= 0.6 is 12.4 Å². The number of aromatic nitrogens is 3. The monoisotopic (exact) mass is 238 g/mol. The van der Waals surface area contributed by atoms with Crippen LogP contribution in [0, 0.1) is 13.8 Å². The third kappa shape index (κ3) is 2.40. The molecular formula is C11H15ClN4. The summed E-state index contributed by atoms with van der Waals surface area (Å²) >= 11 is 0. The van der Waals surface area contributed by atoms with Gasteiger partial charge in [0.25, 0.3) is 0 Å². The first-order chi connectivity index (χ1) is 7.20. The Kier molecular flexibility index (Phi) is 4.04. The van der Waals surface area contributed by atoms with E-state index < -0.39 is 0 Å². The Labute approximate surface area is 101 Å². The number of aryl methyl sites for hydroxylation is 2. The second-order valence-corrected chi connectivity index (χ2v) is 3.65.